The predicted molar refractivity (Wildman–Crippen MR) is 151 cm³/mol. The van der Waals surface area contributed by atoms with E-state index in [9.17, 15) is 18.0 Å². The van der Waals surface area contributed by atoms with Gasteiger partial charge in [-0.15, -0.1) is 0 Å². The summed E-state index contributed by atoms with van der Waals surface area (Å²) in [5, 5.41) is 2.83. The van der Waals surface area contributed by atoms with Crippen LogP contribution in [0.1, 0.15) is 25.8 Å². The lowest BCUT2D eigenvalue weighted by Gasteiger charge is -2.32. The number of methoxy groups -OCH3 is 1. The number of benzene rings is 3. The molecule has 2 amide bonds. The molecule has 0 heterocycles. The Morgan fingerprint density at radius 1 is 1.00 bits per heavy atom. The summed E-state index contributed by atoms with van der Waals surface area (Å²) in [7, 11) is -2.53. The second-order valence-electron chi connectivity index (χ2n) is 8.64. The number of anilines is 1. The van der Waals surface area contributed by atoms with E-state index in [-0.39, 0.29) is 17.3 Å². The number of rotatable bonds is 12. The first kappa shape index (κ1) is 29.2. The maximum atomic E-state index is 13.8. The van der Waals surface area contributed by atoms with Crippen molar-refractivity contribution in [3.05, 3.63) is 88.9 Å². The molecule has 0 aliphatic rings. The molecule has 0 unspecified atom stereocenters. The van der Waals surface area contributed by atoms with Crippen LogP contribution < -0.4 is 14.4 Å². The van der Waals surface area contributed by atoms with E-state index in [0.717, 1.165) is 16.3 Å². The number of ether oxygens (including phenoxy) is 1. The van der Waals surface area contributed by atoms with Crippen LogP contribution in [0.15, 0.2) is 88.2 Å². The van der Waals surface area contributed by atoms with E-state index >= 15 is 0 Å². The smallest absolute Gasteiger partial charge is 0.264 e. The van der Waals surface area contributed by atoms with Crippen LogP contribution in [0.3, 0.4) is 0 Å². The molecule has 1 atom stereocenters. The van der Waals surface area contributed by atoms with Crippen LogP contribution in [-0.2, 0) is 26.2 Å². The highest BCUT2D eigenvalue weighted by Gasteiger charge is 2.32. The molecule has 0 bridgehead atoms. The molecule has 0 saturated carbocycles. The second-order valence-corrected chi connectivity index (χ2v) is 11.4. The van der Waals surface area contributed by atoms with E-state index in [1.54, 1.807) is 68.6 Å². The molecule has 8 nitrogen and oxygen atoms in total. The molecule has 0 spiro atoms. The minimum atomic E-state index is -4.09. The standard InChI is InChI=1S/C28H32BrN3O5S/c1-4-17-30-28(34)21(2)31(19-22-13-15-25(37-3)16-14-22)27(33)20-32(24-10-8-9-23(29)18-24)38(35,36)26-11-6-5-7-12-26/h5-16,18,21H,4,17,19-20H2,1-3H3,(H,30,34)/t21-/m0/s1. The van der Waals surface area contributed by atoms with Gasteiger partial charge in [0.15, 0.2) is 0 Å². The molecule has 1 N–H and O–H groups in total. The minimum absolute atomic E-state index is 0.0585. The van der Waals surface area contributed by atoms with Crippen molar-refractivity contribution in [3.63, 3.8) is 0 Å². The van der Waals surface area contributed by atoms with Crippen LogP contribution in [0.25, 0.3) is 0 Å². The summed E-state index contributed by atoms with van der Waals surface area (Å²) < 4.78 is 34.4. The topological polar surface area (TPSA) is 96.0 Å². The number of carbonyl (C=O) groups is 2. The summed E-state index contributed by atoms with van der Waals surface area (Å²) in [6.45, 7) is 3.67. The molecule has 0 saturated heterocycles. The highest BCUT2D eigenvalue weighted by atomic mass is 79.9. The first-order valence-corrected chi connectivity index (χ1v) is 14.4. The van der Waals surface area contributed by atoms with Crippen molar-refractivity contribution in [3.8, 4) is 5.75 Å². The fourth-order valence-corrected chi connectivity index (χ4v) is 5.60. The Labute approximate surface area is 232 Å². The molecule has 0 aromatic heterocycles. The highest BCUT2D eigenvalue weighted by molar-refractivity contribution is 9.10. The van der Waals surface area contributed by atoms with Crippen molar-refractivity contribution in [2.75, 3.05) is 24.5 Å². The summed E-state index contributed by atoms with van der Waals surface area (Å²) in [6, 6.07) is 21.0. The quantitative estimate of drug-likeness (QED) is 0.327. The van der Waals surface area contributed by atoms with Crippen molar-refractivity contribution in [2.24, 2.45) is 0 Å². The predicted octanol–water partition coefficient (Wildman–Crippen LogP) is 4.60. The van der Waals surface area contributed by atoms with E-state index in [1.807, 2.05) is 19.1 Å². The third-order valence-corrected chi connectivity index (χ3v) is 8.22. The van der Waals surface area contributed by atoms with Crippen molar-refractivity contribution >= 4 is 43.5 Å². The van der Waals surface area contributed by atoms with E-state index in [2.05, 4.69) is 21.2 Å². The number of hydrogen-bond donors (Lipinski definition) is 1. The molecule has 0 aliphatic heterocycles. The molecule has 3 aromatic rings. The molecule has 0 fully saturated rings. The Kier molecular flexibility index (Phi) is 10.3. The van der Waals surface area contributed by atoms with Crippen molar-refractivity contribution in [1.82, 2.24) is 10.2 Å². The van der Waals surface area contributed by atoms with Crippen molar-refractivity contribution in [1.29, 1.82) is 0 Å². The number of hydrogen-bond acceptors (Lipinski definition) is 5. The average Bonchev–Trinajstić information content (AvgIpc) is 2.93. The molecule has 10 heteroatoms. The van der Waals surface area contributed by atoms with Gasteiger partial charge in [0.2, 0.25) is 11.8 Å². The third-order valence-electron chi connectivity index (χ3n) is 5.93. The van der Waals surface area contributed by atoms with Gasteiger partial charge >= 0.3 is 0 Å². The number of carbonyl (C=O) groups excluding carboxylic acids is 2. The van der Waals surface area contributed by atoms with Gasteiger partial charge in [0.25, 0.3) is 10.0 Å². The normalized spacial score (nSPS) is 11.9. The Morgan fingerprint density at radius 2 is 1.68 bits per heavy atom. The largest absolute Gasteiger partial charge is 0.497 e. The van der Waals surface area contributed by atoms with Gasteiger partial charge in [0.05, 0.1) is 17.7 Å². The van der Waals surface area contributed by atoms with Gasteiger partial charge in [-0.05, 0) is 61.4 Å². The lowest BCUT2D eigenvalue weighted by Crippen LogP contribution is -2.51. The van der Waals surface area contributed by atoms with Crippen LogP contribution in [0.4, 0.5) is 5.69 Å². The summed E-state index contributed by atoms with van der Waals surface area (Å²) in [5.41, 5.74) is 1.10. The zero-order chi connectivity index (χ0) is 27.7. The lowest BCUT2D eigenvalue weighted by molar-refractivity contribution is -0.139. The van der Waals surface area contributed by atoms with Crippen molar-refractivity contribution < 1.29 is 22.7 Å². The van der Waals surface area contributed by atoms with Gasteiger partial charge < -0.3 is 15.0 Å². The molecular weight excluding hydrogens is 570 g/mol. The number of nitrogens with zero attached hydrogens (tertiary/aromatic N) is 2. The molecule has 3 aromatic carbocycles. The monoisotopic (exact) mass is 601 g/mol. The highest BCUT2D eigenvalue weighted by Crippen LogP contribution is 2.27. The zero-order valence-electron chi connectivity index (χ0n) is 21.6. The average molecular weight is 603 g/mol. The van der Waals surface area contributed by atoms with Crippen LogP contribution in [0, 0.1) is 0 Å². The SMILES string of the molecule is CCCNC(=O)[C@H](C)N(Cc1ccc(OC)cc1)C(=O)CN(c1cccc(Br)c1)S(=O)(=O)c1ccccc1. The first-order valence-electron chi connectivity index (χ1n) is 12.2. The van der Waals surface area contributed by atoms with Gasteiger partial charge in [0, 0.05) is 17.6 Å². The van der Waals surface area contributed by atoms with Gasteiger partial charge in [-0.2, -0.15) is 0 Å². The number of nitrogens with one attached hydrogen (secondary N) is 1. The fraction of sp³-hybridized carbons (Fsp3) is 0.286. The summed E-state index contributed by atoms with van der Waals surface area (Å²) in [4.78, 5) is 28.2. The van der Waals surface area contributed by atoms with Gasteiger partial charge in [-0.1, -0.05) is 59.3 Å². The van der Waals surface area contributed by atoms with Crippen LogP contribution in [0.2, 0.25) is 0 Å². The molecule has 202 valence electrons. The molecular formula is C28H32BrN3O5S. The van der Waals surface area contributed by atoms with Crippen LogP contribution >= 0.6 is 15.9 Å². The number of sulfonamides is 1. The summed E-state index contributed by atoms with van der Waals surface area (Å²) >= 11 is 3.39. The van der Waals surface area contributed by atoms with E-state index in [0.29, 0.717) is 22.5 Å². The van der Waals surface area contributed by atoms with Gasteiger partial charge in [0.1, 0.15) is 18.3 Å². The Bertz CT molecular complexity index is 1330. The summed E-state index contributed by atoms with van der Waals surface area (Å²) in [5.74, 6) is -0.164. The Morgan fingerprint density at radius 3 is 2.29 bits per heavy atom. The number of halogens is 1. The third kappa shape index (κ3) is 7.35. The van der Waals surface area contributed by atoms with Gasteiger partial charge in [-0.3, -0.25) is 13.9 Å². The molecule has 38 heavy (non-hydrogen) atoms. The number of amides is 2. The Hall–Kier alpha value is -3.37. The Balaban J connectivity index is 2.00. The lowest BCUT2D eigenvalue weighted by atomic mass is 10.1. The fourth-order valence-electron chi connectivity index (χ4n) is 3.79. The van der Waals surface area contributed by atoms with E-state index in [1.165, 1.54) is 17.0 Å². The minimum Gasteiger partial charge on any atom is -0.497 e. The van der Waals surface area contributed by atoms with E-state index < -0.39 is 28.5 Å². The first-order chi connectivity index (χ1) is 18.2. The van der Waals surface area contributed by atoms with Crippen LogP contribution in [-0.4, -0.2) is 51.4 Å². The van der Waals surface area contributed by atoms with Gasteiger partial charge in [-0.25, -0.2) is 8.42 Å². The molecule has 3 rings (SSSR count). The maximum Gasteiger partial charge on any atom is 0.264 e. The molecule has 0 radical (unpaired) electrons. The zero-order valence-corrected chi connectivity index (χ0v) is 24.0. The van der Waals surface area contributed by atoms with Crippen molar-refractivity contribution in [2.45, 2.75) is 37.8 Å². The molecule has 0 aliphatic carbocycles. The van der Waals surface area contributed by atoms with Crippen LogP contribution in [0.5, 0.6) is 5.75 Å². The van der Waals surface area contributed by atoms with E-state index in [4.69, 9.17) is 4.74 Å². The second kappa shape index (κ2) is 13.4. The maximum absolute atomic E-state index is 13.8. The summed E-state index contributed by atoms with van der Waals surface area (Å²) in [6.07, 6.45) is 0.747.